The number of rotatable bonds is 0. The Labute approximate surface area is 97.0 Å². The molecule has 2 nitrogen and oxygen atoms in total. The first-order valence-electron chi connectivity index (χ1n) is 4.53. The quantitative estimate of drug-likeness (QED) is 0.772. The maximum atomic E-state index is 12.6. The molecule has 0 fully saturated rings. The molecule has 1 aliphatic heterocycles. The Kier molecular flexibility index (Phi) is 3.83. The van der Waals surface area contributed by atoms with Crippen molar-refractivity contribution < 1.29 is 17.9 Å². The van der Waals surface area contributed by atoms with Gasteiger partial charge in [-0.15, -0.1) is 12.4 Å². The van der Waals surface area contributed by atoms with E-state index in [0.29, 0.717) is 5.56 Å². The Morgan fingerprint density at radius 2 is 1.75 bits per heavy atom. The molecule has 0 saturated carbocycles. The first-order valence-corrected chi connectivity index (χ1v) is 4.53. The molecule has 0 saturated heterocycles. The fourth-order valence-corrected chi connectivity index (χ4v) is 1.74. The lowest BCUT2D eigenvalue weighted by Crippen LogP contribution is -2.33. The molecule has 6 heteroatoms. The number of nitrogens with two attached hydrogens (primary N) is 1. The molecule has 2 unspecified atom stereocenters. The summed E-state index contributed by atoms with van der Waals surface area (Å²) in [4.78, 5) is 0. The van der Waals surface area contributed by atoms with Gasteiger partial charge in [-0.1, -0.05) is 24.3 Å². The van der Waals surface area contributed by atoms with E-state index in [9.17, 15) is 13.2 Å². The molecule has 0 aliphatic carbocycles. The highest BCUT2D eigenvalue weighted by Gasteiger charge is 2.45. The van der Waals surface area contributed by atoms with Gasteiger partial charge in [0.05, 0.1) is 12.6 Å². The first-order chi connectivity index (χ1) is 7.00. The fraction of sp³-hybridized carbons (Fsp3) is 0.400. The van der Waals surface area contributed by atoms with Crippen LogP contribution in [0.1, 0.15) is 23.3 Å². The van der Waals surface area contributed by atoms with Gasteiger partial charge >= 0.3 is 6.18 Å². The standard InChI is InChI=1S/C10H10F3NO.ClH/c11-10(12,13)9-7-4-2-1-3-6(7)8(14)5-15-9;/h1-4,8-9H,5,14H2;1H. The van der Waals surface area contributed by atoms with Gasteiger partial charge in [0.25, 0.3) is 0 Å². The smallest absolute Gasteiger partial charge is 0.362 e. The van der Waals surface area contributed by atoms with Crippen LogP contribution in [0.3, 0.4) is 0 Å². The minimum absolute atomic E-state index is 0. The summed E-state index contributed by atoms with van der Waals surface area (Å²) in [6.07, 6.45) is -6.22. The van der Waals surface area contributed by atoms with Crippen LogP contribution in [0.15, 0.2) is 24.3 Å². The third-order valence-corrected chi connectivity index (χ3v) is 2.42. The number of hydrogen-bond donors (Lipinski definition) is 1. The number of halogens is 4. The van der Waals surface area contributed by atoms with Crippen LogP contribution >= 0.6 is 12.4 Å². The maximum absolute atomic E-state index is 12.6. The molecule has 90 valence electrons. The van der Waals surface area contributed by atoms with Crippen molar-refractivity contribution in [3.05, 3.63) is 35.4 Å². The van der Waals surface area contributed by atoms with Gasteiger partial charge < -0.3 is 10.5 Å². The molecule has 0 spiro atoms. The van der Waals surface area contributed by atoms with Gasteiger partial charge in [-0.2, -0.15) is 13.2 Å². The predicted molar refractivity (Wildman–Crippen MR) is 55.4 cm³/mol. The van der Waals surface area contributed by atoms with E-state index in [0.717, 1.165) is 0 Å². The van der Waals surface area contributed by atoms with E-state index >= 15 is 0 Å². The van der Waals surface area contributed by atoms with Crippen molar-refractivity contribution in [1.29, 1.82) is 0 Å². The highest BCUT2D eigenvalue weighted by Crippen LogP contribution is 2.41. The number of benzene rings is 1. The molecule has 16 heavy (non-hydrogen) atoms. The van der Waals surface area contributed by atoms with Crippen LogP contribution in [-0.2, 0) is 4.74 Å². The van der Waals surface area contributed by atoms with Gasteiger partial charge in [0.1, 0.15) is 0 Å². The predicted octanol–water partition coefficient (Wildman–Crippen LogP) is 2.74. The second kappa shape index (κ2) is 4.61. The van der Waals surface area contributed by atoms with Crippen LogP contribution in [0.5, 0.6) is 0 Å². The van der Waals surface area contributed by atoms with Crippen molar-refractivity contribution in [2.45, 2.75) is 18.3 Å². The monoisotopic (exact) mass is 253 g/mol. The van der Waals surface area contributed by atoms with Crippen LogP contribution in [0.4, 0.5) is 13.2 Å². The van der Waals surface area contributed by atoms with E-state index in [1.165, 1.54) is 6.07 Å². The molecule has 1 aromatic rings. The van der Waals surface area contributed by atoms with E-state index in [-0.39, 0.29) is 24.6 Å². The van der Waals surface area contributed by atoms with Gasteiger partial charge in [-0.05, 0) is 11.1 Å². The molecule has 2 N–H and O–H groups in total. The third kappa shape index (κ3) is 2.31. The average Bonchev–Trinajstić information content (AvgIpc) is 2.17. The van der Waals surface area contributed by atoms with Crippen LogP contribution in [0, 0.1) is 0 Å². The zero-order chi connectivity index (χ0) is 11.1. The summed E-state index contributed by atoms with van der Waals surface area (Å²) in [6, 6.07) is 5.78. The lowest BCUT2D eigenvalue weighted by Gasteiger charge is -2.31. The van der Waals surface area contributed by atoms with E-state index < -0.39 is 18.3 Å². The van der Waals surface area contributed by atoms with Gasteiger partial charge in [-0.25, -0.2) is 0 Å². The van der Waals surface area contributed by atoms with E-state index in [1.807, 2.05) is 0 Å². The molecule has 2 atom stereocenters. The summed E-state index contributed by atoms with van der Waals surface area (Å²) in [7, 11) is 0. The molecule has 2 rings (SSSR count). The fourth-order valence-electron chi connectivity index (χ4n) is 1.74. The van der Waals surface area contributed by atoms with Gasteiger partial charge in [0.15, 0.2) is 6.10 Å². The topological polar surface area (TPSA) is 35.2 Å². The normalized spacial score (nSPS) is 24.5. The molecule has 0 aromatic heterocycles. The Morgan fingerprint density at radius 1 is 1.19 bits per heavy atom. The highest BCUT2D eigenvalue weighted by molar-refractivity contribution is 5.85. The van der Waals surface area contributed by atoms with E-state index in [4.69, 9.17) is 10.5 Å². The summed E-state index contributed by atoms with van der Waals surface area (Å²) >= 11 is 0. The van der Waals surface area contributed by atoms with E-state index in [1.54, 1.807) is 18.2 Å². The van der Waals surface area contributed by atoms with Crippen LogP contribution < -0.4 is 5.73 Å². The van der Waals surface area contributed by atoms with Crippen LogP contribution in [0.2, 0.25) is 0 Å². The SMILES string of the molecule is Cl.NC1COC(C(F)(F)F)c2ccccc21. The van der Waals surface area contributed by atoms with Crippen LogP contribution in [-0.4, -0.2) is 12.8 Å². The van der Waals surface area contributed by atoms with Gasteiger partial charge in [0.2, 0.25) is 0 Å². The molecule has 1 heterocycles. The number of ether oxygens (including phenoxy) is 1. The lowest BCUT2D eigenvalue weighted by atomic mass is 9.94. The minimum Gasteiger partial charge on any atom is -0.362 e. The third-order valence-electron chi connectivity index (χ3n) is 2.42. The Balaban J connectivity index is 0.00000128. The first kappa shape index (κ1) is 13.3. The van der Waals surface area contributed by atoms with Crippen molar-refractivity contribution in [2.75, 3.05) is 6.61 Å². The molecule has 0 bridgehead atoms. The van der Waals surface area contributed by atoms with Gasteiger partial charge in [0, 0.05) is 0 Å². The van der Waals surface area contributed by atoms with Crippen molar-refractivity contribution in [1.82, 2.24) is 0 Å². The van der Waals surface area contributed by atoms with Gasteiger partial charge in [-0.3, -0.25) is 0 Å². The number of alkyl halides is 3. The molecule has 1 aliphatic rings. The van der Waals surface area contributed by atoms with Crippen molar-refractivity contribution in [3.8, 4) is 0 Å². The Hall–Kier alpha value is -0.780. The molecule has 1 aromatic carbocycles. The van der Waals surface area contributed by atoms with Crippen molar-refractivity contribution in [2.24, 2.45) is 5.73 Å². The zero-order valence-corrected chi connectivity index (χ0v) is 9.02. The van der Waals surface area contributed by atoms with E-state index in [2.05, 4.69) is 0 Å². The molecule has 0 radical (unpaired) electrons. The average molecular weight is 254 g/mol. The maximum Gasteiger partial charge on any atom is 0.418 e. The second-order valence-corrected chi connectivity index (χ2v) is 3.49. The Morgan fingerprint density at radius 3 is 2.31 bits per heavy atom. The summed E-state index contributed by atoms with van der Waals surface area (Å²) in [5, 5.41) is 0. The molecule has 0 amide bonds. The summed E-state index contributed by atoms with van der Waals surface area (Å²) in [5.41, 5.74) is 6.31. The molecular formula is C10H11ClF3NO. The van der Waals surface area contributed by atoms with Crippen molar-refractivity contribution >= 4 is 12.4 Å². The lowest BCUT2D eigenvalue weighted by molar-refractivity contribution is -0.229. The summed E-state index contributed by atoms with van der Waals surface area (Å²) in [5.74, 6) is 0. The number of fused-ring (bicyclic) bond motifs is 1. The van der Waals surface area contributed by atoms with Crippen LogP contribution in [0.25, 0.3) is 0 Å². The largest absolute Gasteiger partial charge is 0.418 e. The Bertz CT molecular complexity index is 369. The summed E-state index contributed by atoms with van der Waals surface area (Å²) < 4.78 is 42.5. The number of hydrogen-bond acceptors (Lipinski definition) is 2. The highest BCUT2D eigenvalue weighted by atomic mass is 35.5. The van der Waals surface area contributed by atoms with Crippen molar-refractivity contribution in [3.63, 3.8) is 0 Å². The zero-order valence-electron chi connectivity index (χ0n) is 8.20. The minimum atomic E-state index is -4.38. The second-order valence-electron chi connectivity index (χ2n) is 3.49. The molecular weight excluding hydrogens is 243 g/mol. The summed E-state index contributed by atoms with van der Waals surface area (Å²) in [6.45, 7) is -0.0960.